The maximum absolute atomic E-state index is 12.9. The predicted molar refractivity (Wildman–Crippen MR) is 124 cm³/mol. The number of anilines is 1. The van der Waals surface area contributed by atoms with Crippen molar-refractivity contribution in [3.8, 4) is 11.3 Å². The van der Waals surface area contributed by atoms with Crippen LogP contribution in [0.15, 0.2) is 46.7 Å². The van der Waals surface area contributed by atoms with E-state index in [9.17, 15) is 8.42 Å². The van der Waals surface area contributed by atoms with E-state index < -0.39 is 10.0 Å². The topological polar surface area (TPSA) is 53.5 Å². The SMILES string of the molecule is Cc1cccc(-c2csc(N3CCN(S(=O)(=O)c4ccc(Cl)c(Cl)c4)CC3)n2)c1C. The molecule has 9 heteroatoms. The van der Waals surface area contributed by atoms with Crippen molar-refractivity contribution in [3.05, 3.63) is 63.0 Å². The fourth-order valence-electron chi connectivity index (χ4n) is 3.47. The van der Waals surface area contributed by atoms with Gasteiger partial charge in [-0.15, -0.1) is 11.3 Å². The molecular weight excluding hydrogens is 461 g/mol. The molecule has 0 saturated carbocycles. The average Bonchev–Trinajstić information content (AvgIpc) is 3.22. The third-order valence-corrected chi connectivity index (χ3v) is 8.95. The Bertz CT molecular complexity index is 1190. The highest BCUT2D eigenvalue weighted by Gasteiger charge is 2.30. The van der Waals surface area contributed by atoms with Crippen molar-refractivity contribution in [1.82, 2.24) is 9.29 Å². The van der Waals surface area contributed by atoms with Gasteiger partial charge in [0, 0.05) is 37.1 Å². The number of piperazine rings is 1. The highest BCUT2D eigenvalue weighted by Crippen LogP contribution is 2.32. The van der Waals surface area contributed by atoms with Crippen molar-refractivity contribution in [2.24, 2.45) is 0 Å². The van der Waals surface area contributed by atoms with Gasteiger partial charge in [0.1, 0.15) is 0 Å². The molecule has 0 unspecified atom stereocenters. The summed E-state index contributed by atoms with van der Waals surface area (Å²) in [6, 6.07) is 10.6. The third-order valence-electron chi connectivity index (χ3n) is 5.41. The molecule has 4 rings (SSSR count). The summed E-state index contributed by atoms with van der Waals surface area (Å²) in [5.74, 6) is 0. The molecule has 3 aromatic rings. The summed E-state index contributed by atoms with van der Waals surface area (Å²) in [7, 11) is -3.61. The van der Waals surface area contributed by atoms with Gasteiger partial charge in [-0.25, -0.2) is 13.4 Å². The van der Waals surface area contributed by atoms with E-state index in [2.05, 4.69) is 36.3 Å². The van der Waals surface area contributed by atoms with Crippen LogP contribution in [-0.2, 0) is 10.0 Å². The van der Waals surface area contributed by atoms with Crippen molar-refractivity contribution in [3.63, 3.8) is 0 Å². The Hall–Kier alpha value is -1.64. The first-order chi connectivity index (χ1) is 14.3. The van der Waals surface area contributed by atoms with Gasteiger partial charge in [-0.1, -0.05) is 41.4 Å². The zero-order chi connectivity index (χ0) is 21.5. The summed E-state index contributed by atoms with van der Waals surface area (Å²) >= 11 is 13.5. The first-order valence-electron chi connectivity index (χ1n) is 9.49. The van der Waals surface area contributed by atoms with Gasteiger partial charge in [-0.2, -0.15) is 4.31 Å². The molecule has 0 amide bonds. The minimum absolute atomic E-state index is 0.164. The molecule has 0 atom stereocenters. The summed E-state index contributed by atoms with van der Waals surface area (Å²) in [5, 5.41) is 3.55. The van der Waals surface area contributed by atoms with Gasteiger partial charge >= 0.3 is 0 Å². The second kappa shape index (κ2) is 8.48. The summed E-state index contributed by atoms with van der Waals surface area (Å²) in [4.78, 5) is 7.12. The van der Waals surface area contributed by atoms with Gasteiger partial charge in [0.25, 0.3) is 0 Å². The summed E-state index contributed by atoms with van der Waals surface area (Å²) < 4.78 is 27.4. The highest BCUT2D eigenvalue weighted by molar-refractivity contribution is 7.89. The summed E-state index contributed by atoms with van der Waals surface area (Å²) in [5.41, 5.74) is 4.57. The minimum atomic E-state index is -3.61. The van der Waals surface area contributed by atoms with E-state index >= 15 is 0 Å². The van der Waals surface area contributed by atoms with Gasteiger partial charge in [0.2, 0.25) is 10.0 Å². The average molecular weight is 482 g/mol. The van der Waals surface area contributed by atoms with Crippen LogP contribution in [0.4, 0.5) is 5.13 Å². The normalized spacial score (nSPS) is 15.5. The molecule has 1 aliphatic rings. The van der Waals surface area contributed by atoms with Gasteiger partial charge in [-0.3, -0.25) is 0 Å². The first-order valence-corrected chi connectivity index (χ1v) is 12.6. The van der Waals surface area contributed by atoms with Crippen molar-refractivity contribution in [1.29, 1.82) is 0 Å². The van der Waals surface area contributed by atoms with E-state index in [-0.39, 0.29) is 9.92 Å². The van der Waals surface area contributed by atoms with Crippen LogP contribution in [0.5, 0.6) is 0 Å². The molecule has 0 N–H and O–H groups in total. The minimum Gasteiger partial charge on any atom is -0.345 e. The van der Waals surface area contributed by atoms with E-state index in [1.807, 2.05) is 6.07 Å². The smallest absolute Gasteiger partial charge is 0.243 e. The van der Waals surface area contributed by atoms with Gasteiger partial charge in [0.05, 0.1) is 20.6 Å². The Morgan fingerprint density at radius 1 is 1.00 bits per heavy atom. The monoisotopic (exact) mass is 481 g/mol. The summed E-state index contributed by atoms with van der Waals surface area (Å²) in [6.07, 6.45) is 0. The first kappa shape index (κ1) is 21.6. The lowest BCUT2D eigenvalue weighted by Crippen LogP contribution is -2.48. The van der Waals surface area contributed by atoms with E-state index in [4.69, 9.17) is 28.2 Å². The molecule has 5 nitrogen and oxygen atoms in total. The second-order valence-corrected chi connectivity index (χ2v) is 10.8. The Kier molecular flexibility index (Phi) is 6.10. The lowest BCUT2D eigenvalue weighted by Gasteiger charge is -2.33. The zero-order valence-electron chi connectivity index (χ0n) is 16.6. The molecule has 30 heavy (non-hydrogen) atoms. The second-order valence-electron chi connectivity index (χ2n) is 7.23. The molecular formula is C21H21Cl2N3O2S2. The molecule has 0 radical (unpaired) electrons. The van der Waals surface area contributed by atoms with Crippen LogP contribution in [0.1, 0.15) is 11.1 Å². The van der Waals surface area contributed by atoms with Crippen molar-refractivity contribution in [2.75, 3.05) is 31.1 Å². The Labute approximate surface area is 190 Å². The molecule has 0 bridgehead atoms. The standard InChI is InChI=1S/C21H21Cl2N3O2S2/c1-14-4-3-5-17(15(14)2)20-13-29-21(24-20)25-8-10-26(11-9-25)30(27,28)16-6-7-18(22)19(23)12-16/h3-7,12-13H,8-11H2,1-2H3. The highest BCUT2D eigenvalue weighted by atomic mass is 35.5. The van der Waals surface area contributed by atoms with Crippen molar-refractivity contribution >= 4 is 49.7 Å². The van der Waals surface area contributed by atoms with E-state index in [1.165, 1.54) is 33.6 Å². The van der Waals surface area contributed by atoms with Crippen LogP contribution >= 0.6 is 34.5 Å². The Morgan fingerprint density at radius 3 is 2.43 bits per heavy atom. The van der Waals surface area contributed by atoms with Crippen LogP contribution < -0.4 is 4.90 Å². The molecule has 1 aliphatic heterocycles. The molecule has 0 aliphatic carbocycles. The molecule has 1 fully saturated rings. The van der Waals surface area contributed by atoms with Crippen LogP contribution in [-0.4, -0.2) is 43.9 Å². The van der Waals surface area contributed by atoms with Crippen molar-refractivity contribution in [2.45, 2.75) is 18.7 Å². The third kappa shape index (κ3) is 4.09. The number of aromatic nitrogens is 1. The Balaban J connectivity index is 1.48. The zero-order valence-corrected chi connectivity index (χ0v) is 19.7. The number of benzene rings is 2. The lowest BCUT2D eigenvalue weighted by molar-refractivity contribution is 0.385. The number of aryl methyl sites for hydroxylation is 1. The number of nitrogens with zero attached hydrogens (tertiary/aromatic N) is 3. The maximum atomic E-state index is 12.9. The van der Waals surface area contributed by atoms with E-state index in [1.54, 1.807) is 11.3 Å². The van der Waals surface area contributed by atoms with Crippen molar-refractivity contribution < 1.29 is 8.42 Å². The maximum Gasteiger partial charge on any atom is 0.243 e. The van der Waals surface area contributed by atoms with E-state index in [0.29, 0.717) is 31.2 Å². The Morgan fingerprint density at radius 2 is 1.73 bits per heavy atom. The number of hydrogen-bond donors (Lipinski definition) is 0. The molecule has 158 valence electrons. The van der Waals surface area contributed by atoms with Crippen LogP contribution in [0.3, 0.4) is 0 Å². The summed E-state index contributed by atoms with van der Waals surface area (Å²) in [6.45, 7) is 6.15. The molecule has 2 aromatic carbocycles. The van der Waals surface area contributed by atoms with Gasteiger partial charge in [-0.05, 0) is 43.2 Å². The molecule has 0 spiro atoms. The fourth-order valence-corrected chi connectivity index (χ4v) is 6.16. The molecule has 1 saturated heterocycles. The number of hydrogen-bond acceptors (Lipinski definition) is 5. The van der Waals surface area contributed by atoms with Crippen LogP contribution in [0.2, 0.25) is 10.0 Å². The number of halogens is 2. The molecule has 2 heterocycles. The van der Waals surface area contributed by atoms with Gasteiger partial charge < -0.3 is 4.90 Å². The predicted octanol–water partition coefficient (Wildman–Crippen LogP) is 5.24. The number of thiazole rings is 1. The van der Waals surface area contributed by atoms with Gasteiger partial charge in [0.15, 0.2) is 5.13 Å². The number of rotatable bonds is 4. The lowest BCUT2D eigenvalue weighted by atomic mass is 10.0. The molecule has 1 aromatic heterocycles. The van der Waals surface area contributed by atoms with E-state index in [0.717, 1.165) is 16.4 Å². The van der Waals surface area contributed by atoms with Crippen LogP contribution in [0.25, 0.3) is 11.3 Å². The largest absolute Gasteiger partial charge is 0.345 e. The number of sulfonamides is 1. The quantitative estimate of drug-likeness (QED) is 0.510. The van der Waals surface area contributed by atoms with Crippen LogP contribution in [0, 0.1) is 13.8 Å². The fraction of sp³-hybridized carbons (Fsp3) is 0.286.